The van der Waals surface area contributed by atoms with Gasteiger partial charge in [-0.2, -0.15) is 0 Å². The van der Waals surface area contributed by atoms with Crippen molar-refractivity contribution in [1.29, 1.82) is 0 Å². The van der Waals surface area contributed by atoms with Gasteiger partial charge in [0.05, 0.1) is 7.11 Å². The number of benzene rings is 1. The highest BCUT2D eigenvalue weighted by Gasteiger charge is 2.24. The van der Waals surface area contributed by atoms with Gasteiger partial charge in [-0.05, 0) is 30.4 Å². The Hall–Kier alpha value is -1.49. The normalized spacial score (nSPS) is 14.4. The number of ether oxygens (including phenoxy) is 1. The summed E-state index contributed by atoms with van der Waals surface area (Å²) in [7, 11) is 2.46. The van der Waals surface area contributed by atoms with E-state index >= 15 is 0 Å². The van der Waals surface area contributed by atoms with Crippen molar-refractivity contribution in [3.63, 3.8) is 0 Å². The average molecular weight is 218 g/mol. The van der Waals surface area contributed by atoms with Crippen molar-refractivity contribution in [2.45, 2.75) is 18.9 Å². The first-order valence-corrected chi connectivity index (χ1v) is 5.21. The Labute approximate surface area is 94.9 Å². The predicted molar refractivity (Wildman–Crippen MR) is 61.1 cm³/mol. The highest BCUT2D eigenvalue weighted by atomic mass is 16.5. The summed E-state index contributed by atoms with van der Waals surface area (Å²) in [6, 6.07) is 5.28. The minimum Gasteiger partial charge on any atom is -0.497 e. The number of rotatable bonds is 4. The topological polar surface area (TPSA) is 58.6 Å². The van der Waals surface area contributed by atoms with Gasteiger partial charge in [-0.1, -0.05) is 6.07 Å². The molecule has 2 rings (SSSR count). The molecule has 0 unspecified atom stereocenters. The molecule has 4 nitrogen and oxygen atoms in total. The van der Waals surface area contributed by atoms with Crippen LogP contribution in [0, 0.1) is 0 Å². The van der Waals surface area contributed by atoms with Crippen molar-refractivity contribution in [3.8, 4) is 5.75 Å². The zero-order chi connectivity index (χ0) is 11.5. The van der Waals surface area contributed by atoms with E-state index in [1.807, 2.05) is 0 Å². The molecule has 0 spiro atoms. The lowest BCUT2D eigenvalue weighted by Crippen LogP contribution is -2.26. The Morgan fingerprint density at radius 1 is 1.56 bits per heavy atom. The molecule has 1 aliphatic carbocycles. The summed E-state index contributed by atoms with van der Waals surface area (Å²) in [5.41, 5.74) is 1.11. The van der Waals surface area contributed by atoms with Gasteiger partial charge in [0.25, 0.3) is 5.91 Å². The summed E-state index contributed by atoms with van der Waals surface area (Å²) in [5.74, 6) is 0.399. The predicted octanol–water partition coefficient (Wildman–Crippen LogP) is -0.176. The maximum Gasteiger partial charge on any atom is 0.330 e. The third kappa shape index (κ3) is 2.36. The van der Waals surface area contributed by atoms with Gasteiger partial charge in [0, 0.05) is 11.6 Å². The zero-order valence-electron chi connectivity index (χ0n) is 9.06. The maximum absolute atomic E-state index is 11.7. The van der Waals surface area contributed by atoms with Gasteiger partial charge in [-0.25, -0.2) is 0 Å². The highest BCUT2D eigenvalue weighted by molar-refractivity contribution is 6.47. The molecule has 0 heterocycles. The van der Waals surface area contributed by atoms with Crippen LogP contribution < -0.4 is 15.5 Å². The molecule has 0 bridgehead atoms. The van der Waals surface area contributed by atoms with Gasteiger partial charge in [-0.3, -0.25) is 4.79 Å². The monoisotopic (exact) mass is 218 g/mol. The summed E-state index contributed by atoms with van der Waals surface area (Å²) < 4.78 is 5.08. The van der Waals surface area contributed by atoms with E-state index in [2.05, 4.69) is 5.32 Å². The quantitative estimate of drug-likeness (QED) is 0.689. The molecule has 0 aromatic heterocycles. The third-order valence-corrected chi connectivity index (χ3v) is 2.55. The molecular formula is C11H13BNO3. The van der Waals surface area contributed by atoms with E-state index in [-0.39, 0.29) is 5.91 Å². The molecule has 83 valence electrons. The largest absolute Gasteiger partial charge is 0.497 e. The van der Waals surface area contributed by atoms with E-state index in [0.29, 0.717) is 22.8 Å². The first-order valence-electron chi connectivity index (χ1n) is 5.21. The molecule has 1 amide bonds. The lowest BCUT2D eigenvalue weighted by molar-refractivity contribution is 0.0951. The zero-order valence-corrected chi connectivity index (χ0v) is 9.06. The number of hydrogen-bond acceptors (Lipinski definition) is 3. The van der Waals surface area contributed by atoms with Gasteiger partial charge in [0.15, 0.2) is 0 Å². The Balaban J connectivity index is 2.17. The van der Waals surface area contributed by atoms with E-state index in [0.717, 1.165) is 20.3 Å². The second-order valence-electron chi connectivity index (χ2n) is 3.83. The number of methoxy groups -OCH3 is 1. The number of amides is 1. The second-order valence-corrected chi connectivity index (χ2v) is 3.83. The third-order valence-electron chi connectivity index (χ3n) is 2.55. The van der Waals surface area contributed by atoms with Crippen molar-refractivity contribution in [2.24, 2.45) is 0 Å². The fraction of sp³-hybridized carbons (Fsp3) is 0.364. The van der Waals surface area contributed by atoms with E-state index in [4.69, 9.17) is 9.76 Å². The van der Waals surface area contributed by atoms with Gasteiger partial charge >= 0.3 is 7.48 Å². The molecular weight excluding hydrogens is 205 g/mol. The van der Waals surface area contributed by atoms with E-state index in [1.165, 1.54) is 7.11 Å². The maximum atomic E-state index is 11.7. The number of carbonyl (C=O) groups excluding carboxylic acids is 1. The second kappa shape index (κ2) is 4.57. The molecule has 1 saturated carbocycles. The number of nitrogens with one attached hydrogen (secondary N) is 1. The molecule has 0 atom stereocenters. The minimum atomic E-state index is -0.0923. The van der Waals surface area contributed by atoms with Crippen molar-refractivity contribution in [2.75, 3.05) is 7.11 Å². The molecule has 1 aromatic rings. The van der Waals surface area contributed by atoms with Gasteiger partial charge in [0.2, 0.25) is 0 Å². The van der Waals surface area contributed by atoms with Crippen LogP contribution in [0.5, 0.6) is 5.75 Å². The van der Waals surface area contributed by atoms with Gasteiger partial charge in [-0.15, -0.1) is 0 Å². The van der Waals surface area contributed by atoms with Crippen LogP contribution in [0.2, 0.25) is 0 Å². The van der Waals surface area contributed by atoms with Crippen LogP contribution >= 0.6 is 0 Å². The SMILES string of the molecule is COc1cc(C(=O)NC2CC2)ccc1[B]O. The molecule has 5 heteroatoms. The van der Waals surface area contributed by atoms with Crippen LogP contribution in [0.25, 0.3) is 0 Å². The Bertz CT molecular complexity index is 404. The smallest absolute Gasteiger partial charge is 0.330 e. The van der Waals surface area contributed by atoms with Crippen molar-refractivity contribution < 1.29 is 14.6 Å². The molecule has 1 fully saturated rings. The standard InChI is InChI=1S/C11H13BNO3/c1-16-10-6-7(2-5-9(10)12-15)11(14)13-8-3-4-8/h2,5-6,8,15H,3-4H2,1H3,(H,13,14). The summed E-state index contributed by atoms with van der Waals surface area (Å²) in [5, 5.41) is 11.8. The average Bonchev–Trinajstić information content (AvgIpc) is 3.11. The van der Waals surface area contributed by atoms with Crippen LogP contribution in [-0.2, 0) is 0 Å². The molecule has 0 saturated heterocycles. The molecule has 1 aromatic carbocycles. The number of hydrogen-bond donors (Lipinski definition) is 2. The van der Waals surface area contributed by atoms with Crippen LogP contribution in [0.4, 0.5) is 0 Å². The lowest BCUT2D eigenvalue weighted by atomic mass is 9.87. The summed E-state index contributed by atoms with van der Waals surface area (Å²) in [6.45, 7) is 0. The summed E-state index contributed by atoms with van der Waals surface area (Å²) in [6.07, 6.45) is 2.12. The van der Waals surface area contributed by atoms with E-state index in [9.17, 15) is 4.79 Å². The van der Waals surface area contributed by atoms with E-state index < -0.39 is 0 Å². The Kier molecular flexibility index (Phi) is 3.15. The first kappa shape index (κ1) is 11.0. The van der Waals surface area contributed by atoms with Crippen LogP contribution in [0.1, 0.15) is 23.2 Å². The molecule has 2 N–H and O–H groups in total. The summed E-state index contributed by atoms with van der Waals surface area (Å²) >= 11 is 0. The molecule has 1 radical (unpaired) electrons. The fourth-order valence-electron chi connectivity index (χ4n) is 1.46. The van der Waals surface area contributed by atoms with E-state index in [1.54, 1.807) is 18.2 Å². The molecule has 1 aliphatic rings. The highest BCUT2D eigenvalue weighted by Crippen LogP contribution is 2.19. The Morgan fingerprint density at radius 2 is 2.31 bits per heavy atom. The summed E-state index contributed by atoms with van der Waals surface area (Å²) in [4.78, 5) is 11.7. The Morgan fingerprint density at radius 3 is 2.88 bits per heavy atom. The van der Waals surface area contributed by atoms with Crippen LogP contribution in [-0.4, -0.2) is 31.6 Å². The molecule has 16 heavy (non-hydrogen) atoms. The number of carbonyl (C=O) groups is 1. The van der Waals surface area contributed by atoms with Crippen LogP contribution in [0.15, 0.2) is 18.2 Å². The van der Waals surface area contributed by atoms with Gasteiger partial charge < -0.3 is 15.1 Å². The first-order chi connectivity index (χ1) is 7.74. The lowest BCUT2D eigenvalue weighted by Gasteiger charge is -2.08. The van der Waals surface area contributed by atoms with Crippen molar-refractivity contribution in [3.05, 3.63) is 23.8 Å². The minimum absolute atomic E-state index is 0.0923. The van der Waals surface area contributed by atoms with Crippen molar-refractivity contribution >= 4 is 18.9 Å². The van der Waals surface area contributed by atoms with Crippen LogP contribution in [0.3, 0.4) is 0 Å². The fourth-order valence-corrected chi connectivity index (χ4v) is 1.46. The van der Waals surface area contributed by atoms with Crippen molar-refractivity contribution in [1.82, 2.24) is 5.32 Å². The van der Waals surface area contributed by atoms with Gasteiger partial charge in [0.1, 0.15) is 5.75 Å². The molecule has 0 aliphatic heterocycles.